The lowest BCUT2D eigenvalue weighted by molar-refractivity contribution is -0.385. The predicted molar refractivity (Wildman–Crippen MR) is 242 cm³/mol. The molecular formula is C49H43N3O16. The lowest BCUT2D eigenvalue weighted by Gasteiger charge is -2.21. The molecule has 0 spiro atoms. The van der Waals surface area contributed by atoms with E-state index in [-0.39, 0.29) is 59.9 Å². The fourth-order valence-corrected chi connectivity index (χ4v) is 7.28. The van der Waals surface area contributed by atoms with Crippen LogP contribution in [0.4, 0.5) is 31.4 Å². The van der Waals surface area contributed by atoms with E-state index >= 15 is 0 Å². The molecule has 0 aliphatic rings. The van der Waals surface area contributed by atoms with Gasteiger partial charge in [-0.3, -0.25) is 30.3 Å². The Morgan fingerprint density at radius 2 is 0.765 bits per heavy atom. The first-order chi connectivity index (χ1) is 32.6. The zero-order valence-corrected chi connectivity index (χ0v) is 36.6. The number of nitrogens with zero attached hydrogens (tertiary/aromatic N) is 3. The molecule has 19 heteroatoms. The van der Waals surface area contributed by atoms with Crippen LogP contribution in [0.2, 0.25) is 0 Å². The zero-order chi connectivity index (χ0) is 48.9. The number of phenolic OH excluding ortho intramolecular Hbond substituents is 1. The molecule has 6 rings (SSSR count). The molecule has 3 atom stereocenters. The molecule has 0 saturated heterocycles. The van der Waals surface area contributed by atoms with Crippen LogP contribution in [-0.4, -0.2) is 58.2 Å². The molecule has 0 fully saturated rings. The van der Waals surface area contributed by atoms with E-state index in [2.05, 4.69) is 0 Å². The molecule has 68 heavy (non-hydrogen) atoms. The van der Waals surface area contributed by atoms with Crippen LogP contribution in [-0.2, 0) is 14.2 Å². The third-order valence-electron chi connectivity index (χ3n) is 10.7. The van der Waals surface area contributed by atoms with Crippen LogP contribution in [0.3, 0.4) is 0 Å². The number of hydrogen-bond donors (Lipinski definition) is 1. The Kier molecular flexibility index (Phi) is 16.0. The zero-order valence-electron chi connectivity index (χ0n) is 36.6. The molecule has 1 N–H and O–H groups in total. The van der Waals surface area contributed by atoms with Gasteiger partial charge in [-0.05, 0) is 41.5 Å². The first-order valence-corrected chi connectivity index (χ1v) is 20.9. The quantitative estimate of drug-likeness (QED) is 0.0210. The van der Waals surface area contributed by atoms with Gasteiger partial charge in [0.05, 0.1) is 14.8 Å². The fourth-order valence-electron chi connectivity index (χ4n) is 7.28. The third-order valence-corrected chi connectivity index (χ3v) is 10.7. The van der Waals surface area contributed by atoms with E-state index in [0.717, 1.165) is 0 Å². The van der Waals surface area contributed by atoms with Crippen molar-refractivity contribution in [3.05, 3.63) is 203 Å². The molecule has 0 heterocycles. The molecule has 0 aromatic heterocycles. The number of nitro benzene ring substituents is 3. The maximum atomic E-state index is 12.7. The summed E-state index contributed by atoms with van der Waals surface area (Å²) in [4.78, 5) is 71.0. The number of rotatable bonds is 18. The molecule has 0 amide bonds. The number of hydrogen-bond acceptors (Lipinski definition) is 16. The average Bonchev–Trinajstić information content (AvgIpc) is 3.33. The van der Waals surface area contributed by atoms with Gasteiger partial charge < -0.3 is 33.5 Å². The molecular weight excluding hydrogens is 887 g/mol. The van der Waals surface area contributed by atoms with Crippen LogP contribution in [0, 0.1) is 30.3 Å². The minimum absolute atomic E-state index is 0.0785. The molecule has 6 aromatic rings. The van der Waals surface area contributed by atoms with Gasteiger partial charge in [-0.2, -0.15) is 0 Å². The van der Waals surface area contributed by atoms with E-state index in [1.54, 1.807) is 81.4 Å². The van der Waals surface area contributed by atoms with Gasteiger partial charge in [0.1, 0.15) is 42.8 Å². The molecule has 0 radical (unpaired) electrons. The highest BCUT2D eigenvalue weighted by molar-refractivity contribution is 5.66. The number of ether oxygens (including phenoxy) is 6. The summed E-state index contributed by atoms with van der Waals surface area (Å²) in [6.07, 6.45) is -3.21. The predicted octanol–water partition coefficient (Wildman–Crippen LogP) is 11.3. The summed E-state index contributed by atoms with van der Waals surface area (Å²) in [6.45, 7) is 4.36. The van der Waals surface area contributed by atoms with E-state index in [1.165, 1.54) is 78.9 Å². The van der Waals surface area contributed by atoms with Crippen LogP contribution < -0.4 is 14.2 Å². The number of phenols is 1. The van der Waals surface area contributed by atoms with Crippen molar-refractivity contribution in [1.82, 2.24) is 0 Å². The van der Waals surface area contributed by atoms with E-state index in [9.17, 15) is 49.8 Å². The molecule has 0 bridgehead atoms. The standard InChI is InChI=1S/C49H43N3O16/c1-30(38-10-4-7-13-42(38)50(57)58)27-63-47(54)66-35-20-16-33(17-21-35)46(34-18-22-36(23-19-34)67-48(55)64-28-31(2)39-11-5-8-14-43(39)51(59)60)41-25-24-37(26-45(41)53)68-49(56)65-29-32(3)40-12-6-9-15-44(40)52(61)62/h4-26,30-32,46,53H,27-29H2,1-3H3. The van der Waals surface area contributed by atoms with Gasteiger partial charge in [-0.1, -0.05) is 106 Å². The summed E-state index contributed by atoms with van der Waals surface area (Å²) < 4.78 is 31.9. The fraction of sp³-hybridized carbons (Fsp3) is 0.204. The summed E-state index contributed by atoms with van der Waals surface area (Å²) in [5.41, 5.74) is 2.26. The number of para-hydroxylation sites is 3. The Bertz CT molecular complexity index is 2670. The van der Waals surface area contributed by atoms with Crippen LogP contribution >= 0.6 is 0 Å². The Hall–Kier alpha value is -8.87. The summed E-state index contributed by atoms with van der Waals surface area (Å²) in [6, 6.07) is 34.9. The number of nitro groups is 3. The second kappa shape index (κ2) is 22.4. The van der Waals surface area contributed by atoms with Crippen molar-refractivity contribution in [2.45, 2.75) is 44.4 Å². The highest BCUT2D eigenvalue weighted by Gasteiger charge is 2.25. The number of carbonyl (C=O) groups excluding carboxylic acids is 3. The van der Waals surface area contributed by atoms with Gasteiger partial charge in [-0.15, -0.1) is 0 Å². The second-order valence-electron chi connectivity index (χ2n) is 15.4. The minimum Gasteiger partial charge on any atom is -0.507 e. The normalized spacial score (nSPS) is 12.6. The van der Waals surface area contributed by atoms with Crippen molar-refractivity contribution >= 4 is 35.5 Å². The SMILES string of the molecule is CC(COC(=O)Oc1ccc(C(c2ccc(OC(=O)OCC(C)c3ccccc3[N+](=O)[O-])cc2)c2ccc(OC(=O)OCC(C)c3ccccc3[N+](=O)[O-])cc2O)cc1)c1ccccc1[N+](=O)[O-]. The van der Waals surface area contributed by atoms with Gasteiger partial charge in [0.25, 0.3) is 17.1 Å². The van der Waals surface area contributed by atoms with Crippen molar-refractivity contribution < 1.29 is 62.7 Å². The summed E-state index contributed by atoms with van der Waals surface area (Å²) in [7, 11) is 0. The van der Waals surface area contributed by atoms with Crippen LogP contribution in [0.1, 0.15) is 77.8 Å². The van der Waals surface area contributed by atoms with Gasteiger partial charge >= 0.3 is 18.5 Å². The van der Waals surface area contributed by atoms with E-state index < -0.39 is 56.9 Å². The third kappa shape index (κ3) is 12.5. The van der Waals surface area contributed by atoms with Crippen molar-refractivity contribution in [2.75, 3.05) is 19.8 Å². The first-order valence-electron chi connectivity index (χ1n) is 20.9. The van der Waals surface area contributed by atoms with Gasteiger partial charge in [0.2, 0.25) is 0 Å². The number of aromatic hydroxyl groups is 1. The molecule has 350 valence electrons. The lowest BCUT2D eigenvalue weighted by atomic mass is 9.84. The second-order valence-corrected chi connectivity index (χ2v) is 15.4. The Morgan fingerprint density at radius 3 is 1.09 bits per heavy atom. The van der Waals surface area contributed by atoms with Crippen molar-refractivity contribution in [3.8, 4) is 23.0 Å². The van der Waals surface area contributed by atoms with E-state index in [0.29, 0.717) is 33.4 Å². The highest BCUT2D eigenvalue weighted by Crippen LogP contribution is 2.40. The largest absolute Gasteiger partial charge is 0.513 e. The highest BCUT2D eigenvalue weighted by atomic mass is 16.7. The van der Waals surface area contributed by atoms with Gasteiger partial charge in [-0.25, -0.2) is 14.4 Å². The molecule has 0 aliphatic carbocycles. The van der Waals surface area contributed by atoms with Crippen LogP contribution in [0.5, 0.6) is 23.0 Å². The molecule has 0 saturated carbocycles. The maximum Gasteiger partial charge on any atom is 0.513 e. The van der Waals surface area contributed by atoms with Crippen LogP contribution in [0.15, 0.2) is 140 Å². The van der Waals surface area contributed by atoms with Crippen molar-refractivity contribution in [3.63, 3.8) is 0 Å². The smallest absolute Gasteiger partial charge is 0.507 e. The van der Waals surface area contributed by atoms with Crippen molar-refractivity contribution in [1.29, 1.82) is 0 Å². The van der Waals surface area contributed by atoms with Crippen molar-refractivity contribution in [2.24, 2.45) is 0 Å². The Labute approximate surface area is 387 Å². The topological polar surface area (TPSA) is 256 Å². The molecule has 6 aromatic carbocycles. The summed E-state index contributed by atoms with van der Waals surface area (Å²) >= 11 is 0. The van der Waals surface area contributed by atoms with Gasteiger partial charge in [0.15, 0.2) is 0 Å². The van der Waals surface area contributed by atoms with Crippen LogP contribution in [0.25, 0.3) is 0 Å². The number of carbonyl (C=O) groups is 3. The lowest BCUT2D eigenvalue weighted by Crippen LogP contribution is -2.16. The Morgan fingerprint density at radius 1 is 0.456 bits per heavy atom. The number of benzene rings is 6. The summed E-state index contributed by atoms with van der Waals surface area (Å²) in [5, 5.41) is 45.8. The molecule has 19 nitrogen and oxygen atoms in total. The average molecular weight is 930 g/mol. The molecule has 0 aliphatic heterocycles. The monoisotopic (exact) mass is 929 g/mol. The maximum absolute atomic E-state index is 12.7. The first kappa shape index (κ1) is 48.6. The van der Waals surface area contributed by atoms with E-state index in [1.807, 2.05) is 0 Å². The minimum atomic E-state index is -1.12. The molecule has 3 unspecified atom stereocenters. The summed E-state index contributed by atoms with van der Waals surface area (Å²) in [5.74, 6) is -2.52. The van der Waals surface area contributed by atoms with E-state index in [4.69, 9.17) is 28.4 Å². The Balaban J connectivity index is 1.16. The van der Waals surface area contributed by atoms with Gasteiger partial charge in [0, 0.05) is 70.2 Å².